The molecule has 0 fully saturated rings. The van der Waals surface area contributed by atoms with Crippen molar-refractivity contribution < 1.29 is 0 Å². The van der Waals surface area contributed by atoms with Gasteiger partial charge in [0.05, 0.1) is 0 Å². The van der Waals surface area contributed by atoms with E-state index in [0.29, 0.717) is 6.04 Å². The van der Waals surface area contributed by atoms with Crippen LogP contribution in [0.15, 0.2) is 18.3 Å². The molecule has 1 aromatic rings. The second kappa shape index (κ2) is 6.23. The molecule has 0 spiro atoms. The summed E-state index contributed by atoms with van der Waals surface area (Å²) in [5.74, 6) is 2.43. The largest absolute Gasteiger partial charge is 0.353 e. The highest BCUT2D eigenvalue weighted by Crippen LogP contribution is 2.10. The first kappa shape index (κ1) is 12.7. The molecule has 0 N–H and O–H groups in total. The first-order valence-corrected chi connectivity index (χ1v) is 6.68. The Morgan fingerprint density at radius 2 is 2.27 bits per heavy atom. The molecule has 0 saturated heterocycles. The third-order valence-corrected chi connectivity index (χ3v) is 3.90. The molecule has 0 saturated carbocycles. The number of thioether (sulfide) groups is 1. The summed E-state index contributed by atoms with van der Waals surface area (Å²) in [6.45, 7) is 5.55. The maximum Gasteiger partial charge on any atom is 0.0387 e. The van der Waals surface area contributed by atoms with E-state index in [2.05, 4.69) is 55.7 Å². The van der Waals surface area contributed by atoms with E-state index in [1.807, 2.05) is 11.8 Å². The van der Waals surface area contributed by atoms with E-state index < -0.39 is 0 Å². The SMILES string of the molecule is CCSC[C@@H](C)N(C)Cc1cccn1C. The van der Waals surface area contributed by atoms with Gasteiger partial charge in [-0.2, -0.15) is 11.8 Å². The number of hydrogen-bond donors (Lipinski definition) is 0. The fraction of sp³-hybridized carbons (Fsp3) is 0.667. The van der Waals surface area contributed by atoms with Crippen molar-refractivity contribution in [2.75, 3.05) is 18.6 Å². The molecule has 0 aliphatic heterocycles. The fourth-order valence-electron chi connectivity index (χ4n) is 1.49. The molecular weight excluding hydrogens is 204 g/mol. The van der Waals surface area contributed by atoms with Gasteiger partial charge in [0.2, 0.25) is 0 Å². The minimum Gasteiger partial charge on any atom is -0.353 e. The predicted octanol–water partition coefficient (Wildman–Crippen LogP) is 2.60. The van der Waals surface area contributed by atoms with Crippen molar-refractivity contribution in [3.05, 3.63) is 24.0 Å². The third-order valence-electron chi connectivity index (χ3n) is 2.78. The molecule has 1 aromatic heterocycles. The molecule has 15 heavy (non-hydrogen) atoms. The van der Waals surface area contributed by atoms with Crippen LogP contribution >= 0.6 is 11.8 Å². The van der Waals surface area contributed by atoms with Gasteiger partial charge in [-0.1, -0.05) is 6.92 Å². The van der Waals surface area contributed by atoms with Gasteiger partial charge in [-0.15, -0.1) is 0 Å². The van der Waals surface area contributed by atoms with Crippen molar-refractivity contribution in [2.24, 2.45) is 7.05 Å². The zero-order valence-corrected chi connectivity index (χ0v) is 11.0. The van der Waals surface area contributed by atoms with E-state index in [1.54, 1.807) is 0 Å². The van der Waals surface area contributed by atoms with Gasteiger partial charge in [0.25, 0.3) is 0 Å². The van der Waals surface area contributed by atoms with Crippen LogP contribution in [-0.2, 0) is 13.6 Å². The summed E-state index contributed by atoms with van der Waals surface area (Å²) in [4.78, 5) is 2.41. The monoisotopic (exact) mass is 226 g/mol. The van der Waals surface area contributed by atoms with Crippen molar-refractivity contribution >= 4 is 11.8 Å². The van der Waals surface area contributed by atoms with E-state index in [1.165, 1.54) is 17.2 Å². The van der Waals surface area contributed by atoms with Crippen LogP contribution in [0.5, 0.6) is 0 Å². The molecule has 86 valence electrons. The van der Waals surface area contributed by atoms with E-state index in [0.717, 1.165) is 6.54 Å². The minimum absolute atomic E-state index is 0.643. The van der Waals surface area contributed by atoms with Crippen molar-refractivity contribution in [2.45, 2.75) is 26.4 Å². The van der Waals surface area contributed by atoms with Gasteiger partial charge >= 0.3 is 0 Å². The van der Waals surface area contributed by atoms with Crippen LogP contribution in [0.25, 0.3) is 0 Å². The molecule has 1 heterocycles. The lowest BCUT2D eigenvalue weighted by atomic mass is 10.3. The van der Waals surface area contributed by atoms with Crippen LogP contribution in [0.1, 0.15) is 19.5 Å². The van der Waals surface area contributed by atoms with Crippen molar-refractivity contribution in [1.29, 1.82) is 0 Å². The summed E-state index contributed by atoms with van der Waals surface area (Å²) in [6.07, 6.45) is 2.11. The summed E-state index contributed by atoms with van der Waals surface area (Å²) in [7, 11) is 4.31. The van der Waals surface area contributed by atoms with Crippen LogP contribution < -0.4 is 0 Å². The lowest BCUT2D eigenvalue weighted by Gasteiger charge is -2.24. The highest BCUT2D eigenvalue weighted by molar-refractivity contribution is 7.99. The number of rotatable bonds is 6. The zero-order chi connectivity index (χ0) is 11.3. The summed E-state index contributed by atoms with van der Waals surface area (Å²) >= 11 is 2.01. The molecule has 0 aromatic carbocycles. The molecule has 0 unspecified atom stereocenters. The second-order valence-corrected chi connectivity index (χ2v) is 5.35. The minimum atomic E-state index is 0.643. The molecule has 0 bridgehead atoms. The Hall–Kier alpha value is -0.410. The molecule has 1 rings (SSSR count). The van der Waals surface area contributed by atoms with Gasteiger partial charge in [-0.25, -0.2) is 0 Å². The number of hydrogen-bond acceptors (Lipinski definition) is 2. The van der Waals surface area contributed by atoms with Crippen LogP contribution in [0.2, 0.25) is 0 Å². The molecule has 0 aliphatic rings. The average Bonchev–Trinajstić information content (AvgIpc) is 2.61. The van der Waals surface area contributed by atoms with Gasteiger partial charge in [0, 0.05) is 37.3 Å². The topological polar surface area (TPSA) is 8.17 Å². The molecule has 3 heteroatoms. The lowest BCUT2D eigenvalue weighted by molar-refractivity contribution is 0.264. The summed E-state index contributed by atoms with van der Waals surface area (Å²) in [5.41, 5.74) is 1.38. The molecule has 2 nitrogen and oxygen atoms in total. The quantitative estimate of drug-likeness (QED) is 0.737. The van der Waals surface area contributed by atoms with Crippen molar-refractivity contribution in [1.82, 2.24) is 9.47 Å². The first-order chi connectivity index (χ1) is 7.15. The molecule has 1 atom stereocenters. The van der Waals surface area contributed by atoms with Gasteiger partial charge in [-0.05, 0) is 31.9 Å². The van der Waals surface area contributed by atoms with E-state index in [-0.39, 0.29) is 0 Å². The molecule has 0 amide bonds. The van der Waals surface area contributed by atoms with Crippen LogP contribution in [-0.4, -0.2) is 34.1 Å². The third kappa shape index (κ3) is 3.92. The summed E-state index contributed by atoms with van der Waals surface area (Å²) < 4.78 is 2.19. The Morgan fingerprint density at radius 1 is 1.53 bits per heavy atom. The highest BCUT2D eigenvalue weighted by atomic mass is 32.2. The lowest BCUT2D eigenvalue weighted by Crippen LogP contribution is -2.31. The van der Waals surface area contributed by atoms with Crippen LogP contribution in [0.3, 0.4) is 0 Å². The molecule has 0 radical (unpaired) electrons. The standard InChI is InChI=1S/C12H22N2S/c1-5-15-10-11(2)14(4)9-12-7-6-8-13(12)3/h6-8,11H,5,9-10H2,1-4H3/t11-/m1/s1. The average molecular weight is 226 g/mol. The summed E-state index contributed by atoms with van der Waals surface area (Å²) in [5, 5.41) is 0. The van der Waals surface area contributed by atoms with Crippen LogP contribution in [0.4, 0.5) is 0 Å². The van der Waals surface area contributed by atoms with Crippen LogP contribution in [0, 0.1) is 0 Å². The Morgan fingerprint density at radius 3 is 2.80 bits per heavy atom. The normalized spacial score (nSPS) is 13.4. The first-order valence-electron chi connectivity index (χ1n) is 5.53. The van der Waals surface area contributed by atoms with E-state index >= 15 is 0 Å². The molecule has 0 aliphatic carbocycles. The second-order valence-electron chi connectivity index (χ2n) is 4.03. The Kier molecular flexibility index (Phi) is 5.26. The highest BCUT2D eigenvalue weighted by Gasteiger charge is 2.10. The van der Waals surface area contributed by atoms with Gasteiger partial charge in [0.15, 0.2) is 0 Å². The molecular formula is C12H22N2S. The van der Waals surface area contributed by atoms with Gasteiger partial charge in [-0.3, -0.25) is 4.90 Å². The smallest absolute Gasteiger partial charge is 0.0387 e. The van der Waals surface area contributed by atoms with E-state index in [4.69, 9.17) is 0 Å². The van der Waals surface area contributed by atoms with Crippen molar-refractivity contribution in [3.8, 4) is 0 Å². The maximum atomic E-state index is 2.41. The fourth-order valence-corrected chi connectivity index (χ4v) is 2.32. The number of aromatic nitrogens is 1. The Balaban J connectivity index is 2.41. The number of nitrogens with zero attached hydrogens (tertiary/aromatic N) is 2. The zero-order valence-electron chi connectivity index (χ0n) is 10.2. The Labute approximate surface area is 97.7 Å². The Bertz CT molecular complexity index is 283. The predicted molar refractivity (Wildman–Crippen MR) is 69.3 cm³/mol. The van der Waals surface area contributed by atoms with Gasteiger partial charge < -0.3 is 4.57 Å². The number of aryl methyl sites for hydroxylation is 1. The van der Waals surface area contributed by atoms with Gasteiger partial charge in [0.1, 0.15) is 0 Å². The maximum absolute atomic E-state index is 2.41. The summed E-state index contributed by atoms with van der Waals surface area (Å²) in [6, 6.07) is 4.94. The van der Waals surface area contributed by atoms with E-state index in [9.17, 15) is 0 Å². The van der Waals surface area contributed by atoms with Crippen molar-refractivity contribution in [3.63, 3.8) is 0 Å².